The minimum Gasteiger partial charge on any atom is -0.271 e. The minimum atomic E-state index is -3.68. The quantitative estimate of drug-likeness (QED) is 0.482. The van der Waals surface area contributed by atoms with Crippen molar-refractivity contribution in [3.05, 3.63) is 64.7 Å². The van der Waals surface area contributed by atoms with Gasteiger partial charge in [-0.15, -0.1) is 0 Å². The van der Waals surface area contributed by atoms with Crippen molar-refractivity contribution >= 4 is 38.9 Å². The summed E-state index contributed by atoms with van der Waals surface area (Å²) >= 11 is 6.12. The number of hydrogen-bond acceptors (Lipinski definition) is 4. The van der Waals surface area contributed by atoms with Crippen LogP contribution in [0.3, 0.4) is 0 Å². The molecule has 6 nitrogen and oxygen atoms in total. The van der Waals surface area contributed by atoms with Crippen LogP contribution in [-0.2, 0) is 20.2 Å². The fourth-order valence-corrected chi connectivity index (χ4v) is 4.15. The first-order valence-corrected chi connectivity index (χ1v) is 11.7. The highest BCUT2D eigenvalue weighted by molar-refractivity contribution is 7.92. The summed E-state index contributed by atoms with van der Waals surface area (Å²) in [4.78, 5) is 12.4. The Hall–Kier alpha value is -2.38. The molecule has 0 aliphatic heterocycles. The Balaban J connectivity index is 2.09. The van der Waals surface area contributed by atoms with Gasteiger partial charge in [-0.25, -0.2) is 13.8 Å². The van der Waals surface area contributed by atoms with Crippen LogP contribution in [0.25, 0.3) is 0 Å². The number of hydrogen-bond donors (Lipinski definition) is 1. The van der Waals surface area contributed by atoms with Crippen molar-refractivity contribution in [2.24, 2.45) is 5.10 Å². The van der Waals surface area contributed by atoms with Crippen LogP contribution in [0.15, 0.2) is 53.6 Å². The SMILES string of the molecule is C/C(CC(C)(C)c1ccccc1)=N/NC(=O)CN(c1ccc(C)c(Cl)c1)S(C)(=O)=O. The van der Waals surface area contributed by atoms with E-state index >= 15 is 0 Å². The summed E-state index contributed by atoms with van der Waals surface area (Å²) in [5.41, 5.74) is 5.37. The number of benzene rings is 2. The fraction of sp³-hybridized carbons (Fsp3) is 0.364. The smallest absolute Gasteiger partial charge is 0.260 e. The highest BCUT2D eigenvalue weighted by atomic mass is 35.5. The van der Waals surface area contributed by atoms with Gasteiger partial charge in [-0.2, -0.15) is 5.10 Å². The van der Waals surface area contributed by atoms with Gasteiger partial charge in [0.25, 0.3) is 5.91 Å². The highest BCUT2D eigenvalue weighted by Crippen LogP contribution is 2.27. The van der Waals surface area contributed by atoms with Gasteiger partial charge in [-0.1, -0.05) is 61.8 Å². The number of halogens is 1. The normalized spacial score (nSPS) is 12.5. The molecular formula is C22H28ClN3O3S. The van der Waals surface area contributed by atoms with E-state index in [2.05, 4.69) is 36.5 Å². The van der Waals surface area contributed by atoms with Crippen molar-refractivity contribution in [1.29, 1.82) is 0 Å². The lowest BCUT2D eigenvalue weighted by atomic mass is 9.80. The summed E-state index contributed by atoms with van der Waals surface area (Å²) in [7, 11) is -3.68. The van der Waals surface area contributed by atoms with Crippen LogP contribution >= 0.6 is 11.6 Å². The second kappa shape index (κ2) is 9.62. The molecule has 0 aliphatic carbocycles. The van der Waals surface area contributed by atoms with Crippen molar-refractivity contribution in [3.63, 3.8) is 0 Å². The monoisotopic (exact) mass is 449 g/mol. The van der Waals surface area contributed by atoms with Crippen LogP contribution in [0.1, 0.15) is 38.3 Å². The van der Waals surface area contributed by atoms with Crippen molar-refractivity contribution < 1.29 is 13.2 Å². The number of aryl methyl sites for hydroxylation is 1. The molecule has 0 heterocycles. The zero-order valence-electron chi connectivity index (χ0n) is 17.9. The number of rotatable bonds is 8. The summed E-state index contributed by atoms with van der Waals surface area (Å²) < 4.78 is 25.4. The van der Waals surface area contributed by atoms with E-state index in [4.69, 9.17) is 11.6 Å². The number of hydrazone groups is 1. The van der Waals surface area contributed by atoms with E-state index in [0.29, 0.717) is 17.1 Å². The molecule has 1 N–H and O–H groups in total. The molecule has 0 spiro atoms. The van der Waals surface area contributed by atoms with Crippen LogP contribution in [0, 0.1) is 6.92 Å². The molecule has 0 radical (unpaired) electrons. The lowest BCUT2D eigenvalue weighted by Crippen LogP contribution is -2.39. The Labute approximate surface area is 184 Å². The van der Waals surface area contributed by atoms with Crippen molar-refractivity contribution in [2.45, 2.75) is 39.5 Å². The van der Waals surface area contributed by atoms with Gasteiger partial charge in [0, 0.05) is 10.7 Å². The standard InChI is InChI=1S/C22H28ClN3O3S/c1-16-11-12-19(13-20(16)23)26(30(5,28)29)15-21(27)25-24-17(2)14-22(3,4)18-9-7-6-8-10-18/h6-13H,14-15H2,1-5H3,(H,25,27)/b24-17-. The molecule has 0 unspecified atom stereocenters. The molecule has 2 aromatic rings. The maximum absolute atomic E-state index is 12.4. The van der Waals surface area contributed by atoms with Gasteiger partial charge < -0.3 is 0 Å². The number of carbonyl (C=O) groups is 1. The molecule has 0 fully saturated rings. The average molecular weight is 450 g/mol. The van der Waals surface area contributed by atoms with E-state index in [1.165, 1.54) is 11.6 Å². The van der Waals surface area contributed by atoms with Crippen LogP contribution in [-0.4, -0.2) is 32.8 Å². The van der Waals surface area contributed by atoms with E-state index in [1.54, 1.807) is 12.1 Å². The fourth-order valence-electron chi connectivity index (χ4n) is 3.13. The number of amides is 1. The lowest BCUT2D eigenvalue weighted by molar-refractivity contribution is -0.119. The first kappa shape index (κ1) is 23.9. The lowest BCUT2D eigenvalue weighted by Gasteiger charge is -2.25. The topological polar surface area (TPSA) is 78.8 Å². The third-order valence-corrected chi connectivity index (χ3v) is 6.30. The number of anilines is 1. The van der Waals surface area contributed by atoms with Gasteiger partial charge in [0.1, 0.15) is 6.54 Å². The Kier molecular flexibility index (Phi) is 7.66. The number of nitrogens with zero attached hydrogens (tertiary/aromatic N) is 2. The largest absolute Gasteiger partial charge is 0.271 e. The molecule has 0 aromatic heterocycles. The predicted octanol–water partition coefficient (Wildman–Crippen LogP) is 4.27. The maximum atomic E-state index is 12.4. The van der Waals surface area contributed by atoms with Gasteiger partial charge >= 0.3 is 0 Å². The molecule has 30 heavy (non-hydrogen) atoms. The van der Waals surface area contributed by atoms with Crippen LogP contribution in [0.5, 0.6) is 0 Å². The molecule has 162 valence electrons. The summed E-state index contributed by atoms with van der Waals surface area (Å²) in [5, 5.41) is 4.59. The van der Waals surface area contributed by atoms with Crippen molar-refractivity contribution in [2.75, 3.05) is 17.1 Å². The van der Waals surface area contributed by atoms with Crippen molar-refractivity contribution in [1.82, 2.24) is 5.43 Å². The number of carbonyl (C=O) groups excluding carboxylic acids is 1. The maximum Gasteiger partial charge on any atom is 0.260 e. The third-order valence-electron chi connectivity index (χ3n) is 4.76. The van der Waals surface area contributed by atoms with Gasteiger partial charge in [-0.05, 0) is 48.9 Å². The molecule has 0 bridgehead atoms. The predicted molar refractivity (Wildman–Crippen MR) is 124 cm³/mol. The van der Waals surface area contributed by atoms with Crippen LogP contribution in [0.2, 0.25) is 5.02 Å². The first-order valence-electron chi connectivity index (χ1n) is 9.51. The van der Waals surface area contributed by atoms with E-state index < -0.39 is 22.5 Å². The second-order valence-corrected chi connectivity index (χ2v) is 10.3. The molecule has 2 rings (SSSR count). The van der Waals surface area contributed by atoms with Gasteiger partial charge in [-0.3, -0.25) is 9.10 Å². The Morgan fingerprint density at radius 3 is 2.37 bits per heavy atom. The molecular weight excluding hydrogens is 422 g/mol. The summed E-state index contributed by atoms with van der Waals surface area (Å²) in [6.07, 6.45) is 1.69. The molecule has 0 saturated heterocycles. The summed E-state index contributed by atoms with van der Waals surface area (Å²) in [5.74, 6) is -0.533. The van der Waals surface area contributed by atoms with E-state index in [1.807, 2.05) is 32.0 Å². The van der Waals surface area contributed by atoms with Gasteiger partial charge in [0.2, 0.25) is 10.0 Å². The van der Waals surface area contributed by atoms with Gasteiger partial charge in [0.15, 0.2) is 0 Å². The molecule has 0 atom stereocenters. The molecule has 0 aliphatic rings. The molecule has 1 amide bonds. The van der Waals surface area contributed by atoms with E-state index in [-0.39, 0.29) is 5.41 Å². The van der Waals surface area contributed by atoms with Crippen LogP contribution < -0.4 is 9.73 Å². The Bertz CT molecular complexity index is 1030. The average Bonchev–Trinajstić information content (AvgIpc) is 2.66. The molecule has 2 aromatic carbocycles. The molecule has 8 heteroatoms. The summed E-state index contributed by atoms with van der Waals surface area (Å²) in [6.45, 7) is 7.47. The zero-order chi connectivity index (χ0) is 22.5. The van der Waals surface area contributed by atoms with Crippen molar-refractivity contribution in [3.8, 4) is 0 Å². The Morgan fingerprint density at radius 2 is 1.80 bits per heavy atom. The second-order valence-electron chi connectivity index (χ2n) is 8.01. The third kappa shape index (κ3) is 6.57. The first-order chi connectivity index (χ1) is 13.9. The summed E-state index contributed by atoms with van der Waals surface area (Å²) in [6, 6.07) is 14.9. The minimum absolute atomic E-state index is 0.156. The van der Waals surface area contributed by atoms with E-state index in [9.17, 15) is 13.2 Å². The number of sulfonamides is 1. The Morgan fingerprint density at radius 1 is 1.17 bits per heavy atom. The molecule has 0 saturated carbocycles. The van der Waals surface area contributed by atoms with E-state index in [0.717, 1.165) is 21.8 Å². The zero-order valence-corrected chi connectivity index (χ0v) is 19.5. The van der Waals surface area contributed by atoms with Gasteiger partial charge in [0.05, 0.1) is 11.9 Å². The number of nitrogens with one attached hydrogen (secondary N) is 1. The highest BCUT2D eigenvalue weighted by Gasteiger charge is 2.23. The van der Waals surface area contributed by atoms with Crippen LogP contribution in [0.4, 0.5) is 5.69 Å².